The van der Waals surface area contributed by atoms with E-state index in [-0.39, 0.29) is 0 Å². The molecule has 0 bridgehead atoms. The van der Waals surface area contributed by atoms with Crippen LogP contribution in [0.3, 0.4) is 0 Å². The fourth-order valence-corrected chi connectivity index (χ4v) is 2.65. The molecule has 0 atom stereocenters. The molecule has 0 aliphatic carbocycles. The number of alkyl halides is 27. The Hall–Kier alpha value is -1.89. The Bertz CT molecular complexity index is 995. The molecule has 0 rings (SSSR count). The van der Waals surface area contributed by atoms with Gasteiger partial charge in [0, 0.05) is 6.42 Å². The Morgan fingerprint density at radius 2 is 0.419 bits per heavy atom. The molecule has 0 fully saturated rings. The van der Waals surface area contributed by atoms with Crippen molar-refractivity contribution in [3.05, 3.63) is 0 Å². The molecule has 0 aromatic heterocycles. The van der Waals surface area contributed by atoms with E-state index in [0.29, 0.717) is 6.92 Å². The lowest BCUT2D eigenvalue weighted by molar-refractivity contribution is -0.485. The van der Waals surface area contributed by atoms with Crippen molar-refractivity contribution in [1.82, 2.24) is 0 Å². The summed E-state index contributed by atoms with van der Waals surface area (Å²) in [5.74, 6) is -108. The monoisotopic (exact) mass is 712 g/mol. The SMILES string of the molecule is CCCC(F)(F)C(F)(F)C(F)(F)C(F)(F)C(F)(F)C(F)(F)C(F)(F)C(F)(F)C(F)(F)C(F)(F)C(F)(F)C(F)(F)C(F)(F)F. The van der Waals surface area contributed by atoms with E-state index < -0.39 is 90.1 Å². The molecule has 0 nitrogen and oxygen atoms in total. The van der Waals surface area contributed by atoms with Crippen LogP contribution in [0.4, 0.5) is 119 Å². The molecule has 43 heavy (non-hydrogen) atoms. The van der Waals surface area contributed by atoms with Gasteiger partial charge in [0.25, 0.3) is 0 Å². The van der Waals surface area contributed by atoms with Crippen LogP contribution in [0.15, 0.2) is 0 Å². The average Bonchev–Trinajstić information content (AvgIpc) is 2.76. The van der Waals surface area contributed by atoms with Crippen LogP contribution >= 0.6 is 0 Å². The van der Waals surface area contributed by atoms with Gasteiger partial charge in [0.2, 0.25) is 0 Å². The zero-order valence-corrected chi connectivity index (χ0v) is 19.1. The molecule has 260 valence electrons. The van der Waals surface area contributed by atoms with Gasteiger partial charge in [-0.3, -0.25) is 0 Å². The van der Waals surface area contributed by atoms with Crippen LogP contribution in [0.2, 0.25) is 0 Å². The maximum atomic E-state index is 13.7. The molecule has 0 aromatic carbocycles. The summed E-state index contributed by atoms with van der Waals surface area (Å²) in [6.45, 7) is 0.357. The third-order valence-corrected chi connectivity index (χ3v) is 5.32. The summed E-state index contributed by atoms with van der Waals surface area (Å²) in [7, 11) is 0. The number of halogens is 27. The molecule has 0 aromatic rings. The second kappa shape index (κ2) is 10.1. The quantitative estimate of drug-likeness (QED) is 0.167. The zero-order valence-electron chi connectivity index (χ0n) is 19.1. The normalized spacial score (nSPS) is 17.0. The maximum absolute atomic E-state index is 13.7. The minimum absolute atomic E-state index is 0.357. The van der Waals surface area contributed by atoms with Gasteiger partial charge in [0.1, 0.15) is 0 Å². The smallest absolute Gasteiger partial charge is 0.200 e. The van der Waals surface area contributed by atoms with Crippen LogP contribution in [-0.4, -0.2) is 77.2 Å². The summed E-state index contributed by atoms with van der Waals surface area (Å²) in [6, 6.07) is 0. The molecule has 0 aliphatic rings. The molecule has 0 spiro atoms. The van der Waals surface area contributed by atoms with E-state index in [2.05, 4.69) is 0 Å². The first-order chi connectivity index (χ1) is 18.1. The van der Waals surface area contributed by atoms with Crippen LogP contribution in [0, 0.1) is 0 Å². The number of rotatable bonds is 13. The van der Waals surface area contributed by atoms with Crippen molar-refractivity contribution < 1.29 is 119 Å². The Morgan fingerprint density at radius 3 is 0.581 bits per heavy atom. The summed E-state index contributed by atoms with van der Waals surface area (Å²) in [6.07, 6.45) is -12.4. The van der Waals surface area contributed by atoms with Gasteiger partial charge in [-0.25, -0.2) is 0 Å². The topological polar surface area (TPSA) is 0 Å². The summed E-state index contributed by atoms with van der Waals surface area (Å²) >= 11 is 0. The zero-order chi connectivity index (χ0) is 35.9. The Balaban J connectivity index is 7.42. The van der Waals surface area contributed by atoms with Gasteiger partial charge >= 0.3 is 77.2 Å². The van der Waals surface area contributed by atoms with Crippen molar-refractivity contribution in [2.24, 2.45) is 0 Å². The minimum atomic E-state index is -9.74. The van der Waals surface area contributed by atoms with Gasteiger partial charge in [0.15, 0.2) is 0 Å². The second-order valence-corrected chi connectivity index (χ2v) is 8.27. The first-order valence-electron chi connectivity index (χ1n) is 9.66. The van der Waals surface area contributed by atoms with E-state index in [1.165, 1.54) is 0 Å². The fourth-order valence-electron chi connectivity index (χ4n) is 2.65. The highest BCUT2D eigenvalue weighted by atomic mass is 19.4. The van der Waals surface area contributed by atoms with E-state index in [0.717, 1.165) is 0 Å². The predicted octanol–water partition coefficient (Wildman–Crippen LogP) is 9.97. The first kappa shape index (κ1) is 41.1. The molecule has 0 saturated heterocycles. The van der Waals surface area contributed by atoms with Gasteiger partial charge in [-0.15, -0.1) is 0 Å². The molecular formula is C16H7F27. The highest BCUT2D eigenvalue weighted by molar-refractivity contribution is 5.20. The average molecular weight is 712 g/mol. The van der Waals surface area contributed by atoms with Crippen LogP contribution < -0.4 is 0 Å². The largest absolute Gasteiger partial charge is 0.460 e. The standard InChI is InChI=1S/C16H7F27/c1-2-3-4(17,18)5(19,20)6(21,22)7(23,24)8(25,26)9(27,28)10(29,30)11(31,32)12(33,34)13(35,36)14(37,38)15(39,40)16(41,42)43/h2-3H2,1H3. The molecule has 0 N–H and O–H groups in total. The van der Waals surface area contributed by atoms with E-state index in [9.17, 15) is 119 Å². The highest BCUT2D eigenvalue weighted by Gasteiger charge is 3.00. The van der Waals surface area contributed by atoms with Crippen molar-refractivity contribution in [2.75, 3.05) is 0 Å². The molecule has 0 radical (unpaired) electrons. The Kier molecular flexibility index (Phi) is 9.61. The van der Waals surface area contributed by atoms with Gasteiger partial charge < -0.3 is 0 Å². The summed E-state index contributed by atoms with van der Waals surface area (Å²) in [5.41, 5.74) is 0. The molecule has 0 heterocycles. The lowest BCUT2D eigenvalue weighted by atomic mass is 9.83. The van der Waals surface area contributed by atoms with Crippen molar-refractivity contribution in [2.45, 2.75) is 97.0 Å². The van der Waals surface area contributed by atoms with Gasteiger partial charge in [0.05, 0.1) is 0 Å². The molecule has 0 unspecified atom stereocenters. The maximum Gasteiger partial charge on any atom is 0.460 e. The van der Waals surface area contributed by atoms with Crippen LogP contribution in [0.25, 0.3) is 0 Å². The van der Waals surface area contributed by atoms with Gasteiger partial charge in [-0.05, 0) is 0 Å². The van der Waals surface area contributed by atoms with Crippen molar-refractivity contribution in [3.63, 3.8) is 0 Å². The molecule has 0 saturated carbocycles. The number of hydrogen-bond donors (Lipinski definition) is 0. The van der Waals surface area contributed by atoms with Gasteiger partial charge in [-0.1, -0.05) is 13.3 Å². The predicted molar refractivity (Wildman–Crippen MR) is 80.3 cm³/mol. The molecule has 0 aliphatic heterocycles. The van der Waals surface area contributed by atoms with Crippen molar-refractivity contribution in [1.29, 1.82) is 0 Å². The third kappa shape index (κ3) is 4.80. The lowest BCUT2D eigenvalue weighted by Gasteiger charge is -2.46. The number of hydrogen-bond acceptors (Lipinski definition) is 0. The van der Waals surface area contributed by atoms with Crippen LogP contribution in [0.5, 0.6) is 0 Å². The molecule has 0 amide bonds. The Labute approximate surface area is 217 Å². The Morgan fingerprint density at radius 1 is 0.256 bits per heavy atom. The minimum Gasteiger partial charge on any atom is -0.200 e. The molecule has 27 heteroatoms. The molecular weight excluding hydrogens is 705 g/mol. The first-order valence-corrected chi connectivity index (χ1v) is 9.66. The van der Waals surface area contributed by atoms with Gasteiger partial charge in [-0.2, -0.15) is 119 Å². The second-order valence-electron chi connectivity index (χ2n) is 8.27. The van der Waals surface area contributed by atoms with Crippen molar-refractivity contribution in [3.8, 4) is 0 Å². The fraction of sp³-hybridized carbons (Fsp3) is 1.00. The van der Waals surface area contributed by atoms with Crippen LogP contribution in [-0.2, 0) is 0 Å². The van der Waals surface area contributed by atoms with E-state index in [4.69, 9.17) is 0 Å². The van der Waals surface area contributed by atoms with Crippen molar-refractivity contribution >= 4 is 0 Å². The van der Waals surface area contributed by atoms with E-state index in [1.807, 2.05) is 0 Å². The summed E-state index contributed by atoms with van der Waals surface area (Å²) in [5, 5.41) is 0. The van der Waals surface area contributed by atoms with E-state index in [1.54, 1.807) is 0 Å². The van der Waals surface area contributed by atoms with Crippen LogP contribution in [0.1, 0.15) is 19.8 Å². The lowest BCUT2D eigenvalue weighted by Crippen LogP contribution is -2.78. The summed E-state index contributed by atoms with van der Waals surface area (Å²) in [4.78, 5) is 0. The highest BCUT2D eigenvalue weighted by Crippen LogP contribution is 2.68. The summed E-state index contributed by atoms with van der Waals surface area (Å²) < 4.78 is 358. The van der Waals surface area contributed by atoms with E-state index >= 15 is 0 Å². The third-order valence-electron chi connectivity index (χ3n) is 5.32.